The zero-order valence-corrected chi connectivity index (χ0v) is 12.4. The molecule has 0 aromatic heterocycles. The van der Waals surface area contributed by atoms with Crippen LogP contribution in [-0.2, 0) is 4.74 Å². The molecule has 1 aromatic carbocycles. The van der Waals surface area contributed by atoms with Gasteiger partial charge in [0.05, 0.1) is 0 Å². The molecule has 16 heavy (non-hydrogen) atoms. The number of rotatable bonds is 2. The van der Waals surface area contributed by atoms with Crippen LogP contribution < -0.4 is 4.90 Å². The lowest BCUT2D eigenvalue weighted by molar-refractivity contribution is 0.0587. The lowest BCUT2D eigenvalue weighted by Crippen LogP contribution is -2.37. The number of anilines is 1. The number of hydrogen-bond donors (Lipinski definition) is 0. The highest BCUT2D eigenvalue weighted by Gasteiger charge is 2.21. The van der Waals surface area contributed by atoms with Gasteiger partial charge >= 0.3 is 6.09 Å². The number of nitrogens with zero attached hydrogens (tertiary/aromatic N) is 1. The van der Waals surface area contributed by atoms with Crippen LogP contribution in [0.25, 0.3) is 0 Å². The Morgan fingerprint density at radius 3 is 2.31 bits per heavy atom. The first-order chi connectivity index (χ1) is 7.44. The van der Waals surface area contributed by atoms with Gasteiger partial charge in [-0.3, -0.25) is 4.90 Å². The van der Waals surface area contributed by atoms with Gasteiger partial charge in [-0.05, 0) is 32.9 Å². The van der Waals surface area contributed by atoms with E-state index in [2.05, 4.69) is 0 Å². The lowest BCUT2D eigenvalue weighted by atomic mass is 10.2. The van der Waals surface area contributed by atoms with Crippen molar-refractivity contribution in [2.45, 2.75) is 26.4 Å². The van der Waals surface area contributed by atoms with Crippen LogP contribution in [0.5, 0.6) is 0 Å². The number of para-hydroxylation sites is 1. The van der Waals surface area contributed by atoms with E-state index < -0.39 is 5.60 Å². The molecule has 88 valence electrons. The van der Waals surface area contributed by atoms with Crippen molar-refractivity contribution in [1.29, 1.82) is 0 Å². The first-order valence-electron chi connectivity index (χ1n) is 5.49. The van der Waals surface area contributed by atoms with E-state index in [1.54, 1.807) is 4.90 Å². The third-order valence-electron chi connectivity index (χ3n) is 2.00. The van der Waals surface area contributed by atoms with Crippen molar-refractivity contribution in [1.82, 2.24) is 0 Å². The van der Waals surface area contributed by atoms with Gasteiger partial charge in [0.2, 0.25) is 0 Å². The van der Waals surface area contributed by atoms with Crippen LogP contribution >= 0.6 is 0 Å². The molecule has 0 aliphatic heterocycles. The average Bonchev–Trinajstić information content (AvgIpc) is 2.17. The quantitative estimate of drug-likeness (QED) is 0.733. The summed E-state index contributed by atoms with van der Waals surface area (Å²) in [6, 6.07) is 9.61. The number of hydrogen-bond acceptors (Lipinski definition) is 2. The molecule has 0 unspecified atom stereocenters. The maximum absolute atomic E-state index is 11.9. The molecular weight excluding hydrogens is 218 g/mol. The molecule has 0 saturated carbocycles. The van der Waals surface area contributed by atoms with E-state index in [9.17, 15) is 4.79 Å². The first kappa shape index (κ1) is 12.8. The standard InChI is InChI=1S/C12H19NO2Si/c1-12(2,3)15-11(14)13(9-16)10-7-5-4-6-8-10/h4-8H,9H2,1-3,16H3. The van der Waals surface area contributed by atoms with Crippen molar-refractivity contribution < 1.29 is 9.53 Å². The second-order valence-corrected chi connectivity index (χ2v) is 5.19. The van der Waals surface area contributed by atoms with Gasteiger partial charge in [0.25, 0.3) is 0 Å². The molecule has 0 aliphatic rings. The fraction of sp³-hybridized carbons (Fsp3) is 0.417. The fourth-order valence-electron chi connectivity index (χ4n) is 1.34. The molecule has 0 bridgehead atoms. The van der Waals surface area contributed by atoms with Crippen LogP contribution in [0.15, 0.2) is 30.3 Å². The van der Waals surface area contributed by atoms with Crippen LogP contribution in [0.3, 0.4) is 0 Å². The third-order valence-corrected chi connectivity index (χ3v) is 2.63. The molecule has 0 fully saturated rings. The molecule has 3 nitrogen and oxygen atoms in total. The van der Waals surface area contributed by atoms with Crippen LogP contribution in [0.2, 0.25) is 0 Å². The zero-order chi connectivity index (χ0) is 12.2. The predicted molar refractivity (Wildman–Crippen MR) is 70.0 cm³/mol. The molecule has 0 atom stereocenters. The highest BCUT2D eigenvalue weighted by Crippen LogP contribution is 2.16. The molecule has 0 saturated heterocycles. The molecule has 0 radical (unpaired) electrons. The first-order valence-corrected chi connectivity index (χ1v) is 6.91. The van der Waals surface area contributed by atoms with Gasteiger partial charge < -0.3 is 4.74 Å². The van der Waals surface area contributed by atoms with Gasteiger partial charge in [0.15, 0.2) is 0 Å². The minimum Gasteiger partial charge on any atom is -0.443 e. The van der Waals surface area contributed by atoms with Gasteiger partial charge in [0.1, 0.15) is 5.60 Å². The van der Waals surface area contributed by atoms with Gasteiger partial charge in [-0.1, -0.05) is 18.2 Å². The Kier molecular flexibility index (Phi) is 4.12. The highest BCUT2D eigenvalue weighted by molar-refractivity contribution is 6.13. The van der Waals surface area contributed by atoms with Gasteiger partial charge in [0, 0.05) is 22.1 Å². The molecule has 0 heterocycles. The van der Waals surface area contributed by atoms with Crippen molar-refractivity contribution in [3.63, 3.8) is 0 Å². The number of carbonyl (C=O) groups is 1. The Morgan fingerprint density at radius 1 is 1.31 bits per heavy atom. The maximum atomic E-state index is 11.9. The normalized spacial score (nSPS) is 11.2. The summed E-state index contributed by atoms with van der Waals surface area (Å²) in [6.45, 7) is 5.63. The topological polar surface area (TPSA) is 29.5 Å². The summed E-state index contributed by atoms with van der Waals surface area (Å²) in [5, 5.41) is 0. The van der Waals surface area contributed by atoms with Crippen molar-refractivity contribution in [3.8, 4) is 0 Å². The molecule has 0 spiro atoms. The van der Waals surface area contributed by atoms with E-state index in [4.69, 9.17) is 4.74 Å². The molecule has 4 heteroatoms. The second kappa shape index (κ2) is 5.16. The van der Waals surface area contributed by atoms with Gasteiger partial charge in [-0.2, -0.15) is 0 Å². The molecular formula is C12H19NO2Si. The van der Waals surface area contributed by atoms with E-state index in [1.807, 2.05) is 51.1 Å². The molecule has 1 aromatic rings. The van der Waals surface area contributed by atoms with Crippen LogP contribution in [0.1, 0.15) is 20.8 Å². The van der Waals surface area contributed by atoms with Crippen molar-refractivity contribution in [2.75, 3.05) is 11.1 Å². The summed E-state index contributed by atoms with van der Waals surface area (Å²) in [5.74, 6) is 0. The number of benzene rings is 1. The second-order valence-electron chi connectivity index (χ2n) is 4.56. The van der Waals surface area contributed by atoms with Crippen molar-refractivity contribution >= 4 is 22.0 Å². The predicted octanol–water partition coefficient (Wildman–Crippen LogP) is 1.75. The lowest BCUT2D eigenvalue weighted by Gasteiger charge is -2.26. The third kappa shape index (κ3) is 3.70. The van der Waals surface area contributed by atoms with Crippen LogP contribution in [-0.4, -0.2) is 28.1 Å². The largest absolute Gasteiger partial charge is 0.443 e. The molecule has 1 rings (SSSR count). The monoisotopic (exact) mass is 237 g/mol. The van der Waals surface area contributed by atoms with Crippen molar-refractivity contribution in [2.24, 2.45) is 0 Å². The Bertz CT molecular complexity index is 346. The van der Waals surface area contributed by atoms with E-state index in [-0.39, 0.29) is 6.09 Å². The highest BCUT2D eigenvalue weighted by atomic mass is 28.1. The van der Waals surface area contributed by atoms with Gasteiger partial charge in [-0.25, -0.2) is 4.79 Å². The summed E-state index contributed by atoms with van der Waals surface area (Å²) >= 11 is 0. The zero-order valence-electron chi connectivity index (χ0n) is 10.4. The Labute approximate surface area is 99.8 Å². The summed E-state index contributed by atoms with van der Waals surface area (Å²) < 4.78 is 5.35. The van der Waals surface area contributed by atoms with Crippen LogP contribution in [0, 0.1) is 0 Å². The van der Waals surface area contributed by atoms with E-state index in [1.165, 1.54) is 0 Å². The van der Waals surface area contributed by atoms with Crippen molar-refractivity contribution in [3.05, 3.63) is 30.3 Å². The minimum atomic E-state index is -0.444. The summed E-state index contributed by atoms with van der Waals surface area (Å²) in [6.07, 6.45) is 0.465. The van der Waals surface area contributed by atoms with E-state index >= 15 is 0 Å². The SMILES string of the molecule is CC(C)(C)OC(=O)N(C[SiH3])c1ccccc1. The smallest absolute Gasteiger partial charge is 0.414 e. The summed E-state index contributed by atoms with van der Waals surface area (Å²) in [7, 11) is 0.921. The Hall–Kier alpha value is -1.29. The number of amides is 1. The van der Waals surface area contributed by atoms with E-state index in [0.29, 0.717) is 0 Å². The minimum absolute atomic E-state index is 0.270. The average molecular weight is 237 g/mol. The fourth-order valence-corrected chi connectivity index (χ4v) is 1.97. The Morgan fingerprint density at radius 2 is 1.88 bits per heavy atom. The van der Waals surface area contributed by atoms with Crippen LogP contribution in [0.4, 0.5) is 10.5 Å². The molecule has 1 amide bonds. The summed E-state index contributed by atoms with van der Waals surface area (Å²) in [4.78, 5) is 13.6. The number of carbonyl (C=O) groups excluding carboxylic acids is 1. The van der Waals surface area contributed by atoms with Gasteiger partial charge in [-0.15, -0.1) is 0 Å². The number of ether oxygens (including phenoxy) is 1. The Balaban J connectivity index is 2.80. The molecule has 0 aliphatic carbocycles. The van der Waals surface area contributed by atoms with E-state index in [0.717, 1.165) is 22.1 Å². The molecule has 0 N–H and O–H groups in total. The summed E-state index contributed by atoms with van der Waals surface area (Å²) in [5.41, 5.74) is 0.452. The maximum Gasteiger partial charge on any atom is 0.414 e.